The monoisotopic (exact) mass is 665 g/mol. The van der Waals surface area contributed by atoms with Crippen LogP contribution in [-0.4, -0.2) is 66.1 Å². The molecule has 18 heteroatoms. The molecule has 17 nitrogen and oxygen atoms in total. The molecule has 3 aromatic rings. The molecule has 0 N–H and O–H groups in total. The van der Waals surface area contributed by atoms with Crippen LogP contribution in [0.2, 0.25) is 0 Å². The van der Waals surface area contributed by atoms with Crippen molar-refractivity contribution in [3.05, 3.63) is 74.1 Å². The SMILES string of the molecule is Cc1oc(=O)oc1COC(=O)CN1N=C(c2ccc(S(C)(=O)=O)cc2)C(C)(N(OCc2oc(=O)oc2C)C(=O)OC(C)(C)C)C1=O. The number of sulfone groups is 1. The molecule has 3 heterocycles. The van der Waals surface area contributed by atoms with Crippen LogP contribution in [0.25, 0.3) is 0 Å². The number of amides is 2. The number of aryl methyl sites for hydroxylation is 2. The zero-order valence-electron chi connectivity index (χ0n) is 25.9. The van der Waals surface area contributed by atoms with Crippen molar-refractivity contribution < 1.29 is 54.8 Å². The third-order valence-corrected chi connectivity index (χ3v) is 7.62. The number of hydrazone groups is 1. The minimum Gasteiger partial charge on any atom is -0.456 e. The van der Waals surface area contributed by atoms with E-state index in [4.69, 9.17) is 32.0 Å². The fourth-order valence-corrected chi connectivity index (χ4v) is 4.85. The van der Waals surface area contributed by atoms with E-state index in [9.17, 15) is 32.4 Å². The van der Waals surface area contributed by atoms with Gasteiger partial charge >= 0.3 is 23.7 Å². The Labute approximate surface area is 261 Å². The second kappa shape index (κ2) is 12.4. The van der Waals surface area contributed by atoms with E-state index in [2.05, 4.69) is 5.10 Å². The number of hydrogen-bond donors (Lipinski definition) is 0. The number of nitrogens with zero attached hydrogens (tertiary/aromatic N) is 3. The maximum atomic E-state index is 14.1. The van der Waals surface area contributed by atoms with Gasteiger partial charge in [-0.25, -0.2) is 27.8 Å². The molecule has 1 aliphatic heterocycles. The van der Waals surface area contributed by atoms with Crippen LogP contribution in [0.15, 0.2) is 61.5 Å². The standard InChI is InChI=1S/C28H31N3O14S/c1-15-19(43-25(35)41-15)13-39-21(32)12-30-23(33)28(6,22(29-30)17-8-10-18(11-9-17)46(7,37)38)31(24(34)45-27(3,4)5)40-14-20-16(2)42-26(36)44-20/h8-11H,12-14H2,1-7H3. The van der Waals surface area contributed by atoms with Crippen LogP contribution >= 0.6 is 0 Å². The smallest absolute Gasteiger partial charge is 0.456 e. The van der Waals surface area contributed by atoms with Gasteiger partial charge in [-0.15, -0.1) is 0 Å². The topological polar surface area (TPSA) is 219 Å². The quantitative estimate of drug-likeness (QED) is 0.224. The summed E-state index contributed by atoms with van der Waals surface area (Å²) in [6, 6.07) is 5.27. The molecule has 0 bridgehead atoms. The molecule has 4 rings (SSSR count). The molecule has 2 amide bonds. The summed E-state index contributed by atoms with van der Waals surface area (Å²) in [6.07, 6.45) is -0.136. The molecular weight excluding hydrogens is 634 g/mol. The lowest BCUT2D eigenvalue weighted by Gasteiger charge is -2.36. The van der Waals surface area contributed by atoms with Gasteiger partial charge in [0.1, 0.15) is 30.2 Å². The maximum absolute atomic E-state index is 14.1. The largest absolute Gasteiger partial charge is 0.519 e. The normalized spacial score (nSPS) is 16.8. The molecular formula is C28H31N3O14S. The van der Waals surface area contributed by atoms with E-state index in [0.29, 0.717) is 5.06 Å². The van der Waals surface area contributed by atoms with Crippen LogP contribution in [-0.2, 0) is 47.0 Å². The van der Waals surface area contributed by atoms with Gasteiger partial charge in [0, 0.05) is 11.8 Å². The lowest BCUT2D eigenvalue weighted by molar-refractivity contribution is -0.199. The lowest BCUT2D eigenvalue weighted by atomic mass is 9.90. The highest BCUT2D eigenvalue weighted by Crippen LogP contribution is 2.33. The van der Waals surface area contributed by atoms with E-state index < -0.39 is 70.4 Å². The average molecular weight is 666 g/mol. The molecule has 0 saturated carbocycles. The summed E-state index contributed by atoms with van der Waals surface area (Å²) in [7, 11) is -3.60. The Morgan fingerprint density at radius 3 is 1.96 bits per heavy atom. The number of hydroxylamine groups is 2. The van der Waals surface area contributed by atoms with Crippen molar-refractivity contribution in [3.8, 4) is 0 Å². The van der Waals surface area contributed by atoms with Crippen LogP contribution in [0.1, 0.15) is 56.3 Å². The Balaban J connectivity index is 1.74. The fourth-order valence-electron chi connectivity index (χ4n) is 4.22. The van der Waals surface area contributed by atoms with Crippen molar-refractivity contribution >= 4 is 33.5 Å². The zero-order valence-corrected chi connectivity index (χ0v) is 26.7. The van der Waals surface area contributed by atoms with Gasteiger partial charge in [0.05, 0.1) is 4.90 Å². The molecule has 0 aliphatic carbocycles. The number of esters is 1. The molecule has 1 unspecified atom stereocenters. The van der Waals surface area contributed by atoms with Crippen LogP contribution in [0.4, 0.5) is 4.79 Å². The highest BCUT2D eigenvalue weighted by Gasteiger charge is 2.56. The molecule has 248 valence electrons. The Morgan fingerprint density at radius 1 is 0.935 bits per heavy atom. The number of hydrogen-bond acceptors (Lipinski definition) is 15. The summed E-state index contributed by atoms with van der Waals surface area (Å²) in [5.41, 5.74) is -3.19. The second-order valence-corrected chi connectivity index (χ2v) is 13.3. The van der Waals surface area contributed by atoms with Gasteiger partial charge in [-0.3, -0.25) is 14.4 Å². The maximum Gasteiger partial charge on any atom is 0.519 e. The molecule has 0 radical (unpaired) electrons. The van der Waals surface area contributed by atoms with Crippen molar-refractivity contribution in [2.45, 2.75) is 70.8 Å². The van der Waals surface area contributed by atoms with Gasteiger partial charge in [0.25, 0.3) is 5.91 Å². The van der Waals surface area contributed by atoms with E-state index in [-0.39, 0.29) is 39.2 Å². The van der Waals surface area contributed by atoms with E-state index in [1.807, 2.05) is 0 Å². The van der Waals surface area contributed by atoms with Crippen LogP contribution in [0.5, 0.6) is 0 Å². The predicted molar refractivity (Wildman–Crippen MR) is 153 cm³/mol. The van der Waals surface area contributed by atoms with E-state index in [0.717, 1.165) is 11.3 Å². The Bertz CT molecular complexity index is 1910. The van der Waals surface area contributed by atoms with Crippen molar-refractivity contribution in [2.24, 2.45) is 5.10 Å². The third-order valence-electron chi connectivity index (χ3n) is 6.49. The molecule has 0 spiro atoms. The summed E-state index contributed by atoms with van der Waals surface area (Å²) in [6.45, 7) is 7.03. The molecule has 1 aliphatic rings. The Hall–Kier alpha value is -4.97. The van der Waals surface area contributed by atoms with Gasteiger partial charge in [0.2, 0.25) is 0 Å². The average Bonchev–Trinajstić information content (AvgIpc) is 3.53. The zero-order chi connectivity index (χ0) is 34.2. The van der Waals surface area contributed by atoms with Gasteiger partial charge in [0.15, 0.2) is 39.3 Å². The number of ether oxygens (including phenoxy) is 2. The first-order valence-corrected chi connectivity index (χ1v) is 15.4. The molecule has 1 atom stereocenters. The van der Waals surface area contributed by atoms with Crippen molar-refractivity contribution in [1.82, 2.24) is 10.1 Å². The number of carbonyl (C=O) groups is 3. The Morgan fingerprint density at radius 2 is 1.48 bits per heavy atom. The first-order chi connectivity index (χ1) is 21.3. The second-order valence-electron chi connectivity index (χ2n) is 11.3. The summed E-state index contributed by atoms with van der Waals surface area (Å²) < 4.78 is 54.2. The Kier molecular flexibility index (Phi) is 9.17. The van der Waals surface area contributed by atoms with E-state index in [1.165, 1.54) is 45.0 Å². The molecule has 2 aromatic heterocycles. The van der Waals surface area contributed by atoms with Gasteiger partial charge in [-0.1, -0.05) is 12.1 Å². The molecule has 46 heavy (non-hydrogen) atoms. The van der Waals surface area contributed by atoms with Crippen molar-refractivity contribution in [1.29, 1.82) is 0 Å². The fraction of sp³-hybridized carbons (Fsp3) is 0.429. The van der Waals surface area contributed by atoms with Gasteiger partial charge in [-0.2, -0.15) is 10.2 Å². The number of rotatable bonds is 10. The van der Waals surface area contributed by atoms with Crippen LogP contribution in [0, 0.1) is 13.8 Å². The summed E-state index contributed by atoms with van der Waals surface area (Å²) in [5.74, 6) is -3.93. The predicted octanol–water partition coefficient (Wildman–Crippen LogP) is 2.22. The van der Waals surface area contributed by atoms with Gasteiger partial charge in [-0.05, 0) is 53.7 Å². The summed E-state index contributed by atoms with van der Waals surface area (Å²) >= 11 is 0. The minimum atomic E-state index is -3.60. The molecule has 1 aromatic carbocycles. The highest BCUT2D eigenvalue weighted by molar-refractivity contribution is 7.90. The summed E-state index contributed by atoms with van der Waals surface area (Å²) in [4.78, 5) is 69.2. The highest BCUT2D eigenvalue weighted by atomic mass is 32.2. The van der Waals surface area contributed by atoms with Crippen LogP contribution < -0.4 is 11.6 Å². The number of carbonyl (C=O) groups excluding carboxylic acids is 3. The van der Waals surface area contributed by atoms with Crippen molar-refractivity contribution in [3.63, 3.8) is 0 Å². The molecule has 0 fully saturated rings. The van der Waals surface area contributed by atoms with Gasteiger partial charge < -0.3 is 27.1 Å². The first kappa shape index (κ1) is 33.9. The lowest BCUT2D eigenvalue weighted by Crippen LogP contribution is -2.60. The third kappa shape index (κ3) is 7.28. The first-order valence-electron chi connectivity index (χ1n) is 13.5. The summed E-state index contributed by atoms with van der Waals surface area (Å²) in [5, 5.41) is 5.63. The van der Waals surface area contributed by atoms with Crippen molar-refractivity contribution in [2.75, 3.05) is 12.8 Å². The van der Waals surface area contributed by atoms with Crippen LogP contribution in [0.3, 0.4) is 0 Å². The van der Waals surface area contributed by atoms with E-state index in [1.54, 1.807) is 20.8 Å². The van der Waals surface area contributed by atoms with E-state index >= 15 is 0 Å². The number of benzene rings is 1. The molecule has 0 saturated heterocycles. The minimum absolute atomic E-state index is 0.0322.